The third-order valence-electron chi connectivity index (χ3n) is 1.88. The highest BCUT2D eigenvalue weighted by Crippen LogP contribution is 2.13. The monoisotopic (exact) mass is 193 g/mol. The molecule has 0 radical (unpaired) electrons. The first kappa shape index (κ1) is 10.4. The lowest BCUT2D eigenvalue weighted by atomic mass is 10.1. The number of nitrogens with zero attached hydrogens (tertiary/aromatic N) is 1. The molecular formula is C11H12FNO. The van der Waals surface area contributed by atoms with Gasteiger partial charge in [0.05, 0.1) is 5.71 Å². The molecule has 2 nitrogen and oxygen atoms in total. The van der Waals surface area contributed by atoms with Crippen molar-refractivity contribution in [3.05, 3.63) is 41.7 Å². The van der Waals surface area contributed by atoms with Crippen LogP contribution < -0.4 is 0 Å². The summed E-state index contributed by atoms with van der Waals surface area (Å²) >= 11 is 0. The van der Waals surface area contributed by atoms with Gasteiger partial charge < -0.3 is 5.21 Å². The van der Waals surface area contributed by atoms with E-state index in [9.17, 15) is 4.39 Å². The van der Waals surface area contributed by atoms with Crippen LogP contribution in [0, 0.1) is 5.82 Å². The van der Waals surface area contributed by atoms with Crippen molar-refractivity contribution in [3.8, 4) is 0 Å². The Morgan fingerprint density at radius 2 is 1.86 bits per heavy atom. The van der Waals surface area contributed by atoms with Crippen LogP contribution >= 0.6 is 0 Å². The zero-order chi connectivity index (χ0) is 10.6. The molecule has 0 amide bonds. The van der Waals surface area contributed by atoms with Crippen LogP contribution in [0.4, 0.5) is 4.39 Å². The van der Waals surface area contributed by atoms with Crippen LogP contribution in [0.3, 0.4) is 0 Å². The van der Waals surface area contributed by atoms with Gasteiger partial charge in [0.1, 0.15) is 5.82 Å². The van der Waals surface area contributed by atoms with E-state index in [2.05, 4.69) is 5.16 Å². The second-order valence-electron chi connectivity index (χ2n) is 3.08. The number of halogens is 1. The quantitative estimate of drug-likeness (QED) is 0.437. The molecule has 0 heterocycles. The van der Waals surface area contributed by atoms with Crippen molar-refractivity contribution >= 4 is 11.3 Å². The Morgan fingerprint density at radius 3 is 2.36 bits per heavy atom. The Labute approximate surface area is 82.4 Å². The molecule has 1 rings (SSSR count). The maximum atomic E-state index is 12.6. The minimum Gasteiger partial charge on any atom is -0.411 e. The van der Waals surface area contributed by atoms with Gasteiger partial charge in [-0.05, 0) is 43.2 Å². The first-order chi connectivity index (χ1) is 6.63. The Bertz CT molecular complexity index is 365. The Kier molecular flexibility index (Phi) is 3.40. The molecule has 1 aromatic carbocycles. The molecule has 0 unspecified atom stereocenters. The molecule has 3 heteroatoms. The van der Waals surface area contributed by atoms with E-state index in [0.29, 0.717) is 5.71 Å². The van der Waals surface area contributed by atoms with E-state index in [1.165, 1.54) is 12.1 Å². The highest BCUT2D eigenvalue weighted by Gasteiger charge is 1.96. The van der Waals surface area contributed by atoms with Crippen LogP contribution in [0.1, 0.15) is 19.4 Å². The highest BCUT2D eigenvalue weighted by atomic mass is 19.1. The lowest BCUT2D eigenvalue weighted by Crippen LogP contribution is -1.87. The summed E-state index contributed by atoms with van der Waals surface area (Å²) < 4.78 is 12.6. The summed E-state index contributed by atoms with van der Waals surface area (Å²) in [5.41, 5.74) is 2.36. The molecular weight excluding hydrogens is 181 g/mol. The maximum Gasteiger partial charge on any atom is 0.123 e. The van der Waals surface area contributed by atoms with E-state index in [0.717, 1.165) is 11.1 Å². The predicted octanol–water partition coefficient (Wildman–Crippen LogP) is 3.08. The molecule has 1 aromatic rings. The van der Waals surface area contributed by atoms with Gasteiger partial charge in [0.15, 0.2) is 0 Å². The predicted molar refractivity (Wildman–Crippen MR) is 54.9 cm³/mol. The number of oxime groups is 1. The lowest BCUT2D eigenvalue weighted by molar-refractivity contribution is 0.319. The number of hydrogen-bond donors (Lipinski definition) is 1. The van der Waals surface area contributed by atoms with Crippen molar-refractivity contribution in [1.82, 2.24) is 0 Å². The van der Waals surface area contributed by atoms with Crippen molar-refractivity contribution in [1.29, 1.82) is 0 Å². The van der Waals surface area contributed by atoms with Gasteiger partial charge in [0.25, 0.3) is 0 Å². The largest absolute Gasteiger partial charge is 0.411 e. The second kappa shape index (κ2) is 4.56. The zero-order valence-electron chi connectivity index (χ0n) is 8.16. The molecule has 0 saturated carbocycles. The van der Waals surface area contributed by atoms with Crippen LogP contribution in [0.15, 0.2) is 35.5 Å². The third kappa shape index (κ3) is 2.69. The van der Waals surface area contributed by atoms with Gasteiger partial charge in [0.2, 0.25) is 0 Å². The minimum atomic E-state index is -0.255. The third-order valence-corrected chi connectivity index (χ3v) is 1.88. The molecule has 14 heavy (non-hydrogen) atoms. The first-order valence-electron chi connectivity index (χ1n) is 4.26. The van der Waals surface area contributed by atoms with Crippen molar-refractivity contribution in [2.24, 2.45) is 5.16 Å². The van der Waals surface area contributed by atoms with Crippen LogP contribution in [0.25, 0.3) is 5.57 Å². The smallest absolute Gasteiger partial charge is 0.123 e. The molecule has 0 spiro atoms. The first-order valence-corrected chi connectivity index (χ1v) is 4.26. The molecule has 0 saturated heterocycles. The van der Waals surface area contributed by atoms with E-state index >= 15 is 0 Å². The molecule has 0 aliphatic carbocycles. The van der Waals surface area contributed by atoms with Crippen LogP contribution in [-0.2, 0) is 0 Å². The average Bonchev–Trinajstić information content (AvgIpc) is 2.18. The molecule has 74 valence electrons. The van der Waals surface area contributed by atoms with Gasteiger partial charge in [-0.25, -0.2) is 4.39 Å². The molecule has 1 N–H and O–H groups in total. The van der Waals surface area contributed by atoms with E-state index in [1.54, 1.807) is 25.1 Å². The van der Waals surface area contributed by atoms with Crippen molar-refractivity contribution < 1.29 is 9.60 Å². The summed E-state index contributed by atoms with van der Waals surface area (Å²) in [6.07, 6.45) is 1.73. The topological polar surface area (TPSA) is 32.6 Å². The van der Waals surface area contributed by atoms with E-state index in [4.69, 9.17) is 5.21 Å². The lowest BCUT2D eigenvalue weighted by Gasteiger charge is -2.00. The van der Waals surface area contributed by atoms with E-state index in [-0.39, 0.29) is 5.82 Å². The average molecular weight is 193 g/mol. The fraction of sp³-hybridized carbons (Fsp3) is 0.182. The van der Waals surface area contributed by atoms with Gasteiger partial charge in [-0.2, -0.15) is 0 Å². The van der Waals surface area contributed by atoms with Crippen LogP contribution in [0.2, 0.25) is 0 Å². The minimum absolute atomic E-state index is 0.255. The van der Waals surface area contributed by atoms with E-state index in [1.807, 2.05) is 6.92 Å². The summed E-state index contributed by atoms with van der Waals surface area (Å²) in [6, 6.07) is 6.17. The molecule has 0 bridgehead atoms. The van der Waals surface area contributed by atoms with Crippen molar-refractivity contribution in [3.63, 3.8) is 0 Å². The number of allylic oxidation sites excluding steroid dienone is 2. The maximum absolute atomic E-state index is 12.6. The normalized spacial score (nSPS) is 13.1. The molecule has 0 atom stereocenters. The van der Waals surface area contributed by atoms with Gasteiger partial charge in [-0.1, -0.05) is 17.3 Å². The summed E-state index contributed by atoms with van der Waals surface area (Å²) in [7, 11) is 0. The Balaban J connectivity index is 2.95. The molecule has 0 fully saturated rings. The summed E-state index contributed by atoms with van der Waals surface area (Å²) in [5.74, 6) is -0.255. The second-order valence-corrected chi connectivity index (χ2v) is 3.08. The fourth-order valence-electron chi connectivity index (χ4n) is 1.14. The molecule has 0 aliphatic heterocycles. The SMILES string of the molecule is C/C(=C\C(C)=N\O)c1ccc(F)cc1. The molecule has 0 aromatic heterocycles. The Morgan fingerprint density at radius 1 is 1.29 bits per heavy atom. The van der Waals surface area contributed by atoms with Gasteiger partial charge in [-0.3, -0.25) is 0 Å². The van der Waals surface area contributed by atoms with Crippen molar-refractivity contribution in [2.45, 2.75) is 13.8 Å². The summed E-state index contributed by atoms with van der Waals surface area (Å²) in [6.45, 7) is 3.56. The standard InChI is InChI=1S/C11H12FNO/c1-8(7-9(2)13-14)10-3-5-11(12)6-4-10/h3-7,14H,1-2H3/b8-7+,13-9+. The highest BCUT2D eigenvalue weighted by molar-refractivity contribution is 5.98. The summed E-state index contributed by atoms with van der Waals surface area (Å²) in [5, 5.41) is 11.5. The Hall–Kier alpha value is -1.64. The number of hydrogen-bond acceptors (Lipinski definition) is 2. The number of rotatable bonds is 2. The van der Waals surface area contributed by atoms with Gasteiger partial charge in [0, 0.05) is 0 Å². The molecule has 0 aliphatic rings. The van der Waals surface area contributed by atoms with Crippen LogP contribution in [0.5, 0.6) is 0 Å². The summed E-state index contributed by atoms with van der Waals surface area (Å²) in [4.78, 5) is 0. The zero-order valence-corrected chi connectivity index (χ0v) is 8.16. The fourth-order valence-corrected chi connectivity index (χ4v) is 1.14. The van der Waals surface area contributed by atoms with Crippen molar-refractivity contribution in [2.75, 3.05) is 0 Å². The number of benzene rings is 1. The van der Waals surface area contributed by atoms with Crippen LogP contribution in [-0.4, -0.2) is 10.9 Å². The van der Waals surface area contributed by atoms with Gasteiger partial charge >= 0.3 is 0 Å². The van der Waals surface area contributed by atoms with E-state index < -0.39 is 0 Å². The van der Waals surface area contributed by atoms with Gasteiger partial charge in [-0.15, -0.1) is 0 Å².